The molecule has 1 atom stereocenters. The maximum Gasteiger partial charge on any atom is 0.228 e. The molecule has 28 heavy (non-hydrogen) atoms. The van der Waals surface area contributed by atoms with Crippen molar-refractivity contribution in [3.05, 3.63) is 88.2 Å². The zero-order chi connectivity index (χ0) is 19.3. The van der Waals surface area contributed by atoms with E-state index in [4.69, 9.17) is 0 Å². The SMILES string of the molecule is O=C(Cc1[nH]nc2ccccc12)N(Cc1ccccc1)C[C@H](O)c1cccs1. The molecule has 1 amide bonds. The van der Waals surface area contributed by atoms with Gasteiger partial charge in [-0.2, -0.15) is 5.10 Å². The van der Waals surface area contributed by atoms with Crippen LogP contribution in [0.3, 0.4) is 0 Å². The number of nitrogens with one attached hydrogen (secondary N) is 1. The molecule has 0 saturated carbocycles. The second-order valence-electron chi connectivity index (χ2n) is 6.69. The van der Waals surface area contributed by atoms with Crippen LogP contribution in [0.2, 0.25) is 0 Å². The summed E-state index contributed by atoms with van der Waals surface area (Å²) in [5, 5.41) is 20.7. The lowest BCUT2D eigenvalue weighted by Crippen LogP contribution is -2.35. The van der Waals surface area contributed by atoms with Crippen LogP contribution in [0.1, 0.15) is 22.2 Å². The third-order valence-corrected chi connectivity index (χ3v) is 5.68. The van der Waals surface area contributed by atoms with Crippen LogP contribution < -0.4 is 0 Å². The summed E-state index contributed by atoms with van der Waals surface area (Å²) in [6.45, 7) is 0.703. The van der Waals surface area contributed by atoms with Crippen LogP contribution in [0.25, 0.3) is 10.9 Å². The molecular weight excluding hydrogens is 370 g/mol. The Bertz CT molecular complexity index is 1040. The molecule has 0 fully saturated rings. The van der Waals surface area contributed by atoms with E-state index >= 15 is 0 Å². The predicted molar refractivity (Wildman–Crippen MR) is 111 cm³/mol. The summed E-state index contributed by atoms with van der Waals surface area (Å²) in [6, 6.07) is 21.4. The quantitative estimate of drug-likeness (QED) is 0.502. The molecule has 0 spiro atoms. The number of aliphatic hydroxyl groups is 1. The van der Waals surface area contributed by atoms with Crippen LogP contribution in [-0.2, 0) is 17.8 Å². The number of aliphatic hydroxyl groups excluding tert-OH is 1. The maximum atomic E-state index is 13.1. The highest BCUT2D eigenvalue weighted by atomic mass is 32.1. The zero-order valence-corrected chi connectivity index (χ0v) is 16.1. The average Bonchev–Trinajstić information content (AvgIpc) is 3.39. The van der Waals surface area contributed by atoms with Gasteiger partial charge in [0.15, 0.2) is 0 Å². The van der Waals surface area contributed by atoms with Gasteiger partial charge < -0.3 is 10.0 Å². The summed E-state index contributed by atoms with van der Waals surface area (Å²) in [4.78, 5) is 15.7. The Morgan fingerprint density at radius 1 is 1.07 bits per heavy atom. The van der Waals surface area contributed by atoms with Crippen LogP contribution in [-0.4, -0.2) is 32.7 Å². The van der Waals surface area contributed by atoms with E-state index in [1.54, 1.807) is 4.90 Å². The Balaban J connectivity index is 1.55. The third kappa shape index (κ3) is 4.13. The molecule has 4 rings (SSSR count). The zero-order valence-electron chi connectivity index (χ0n) is 15.3. The van der Waals surface area contributed by atoms with E-state index in [1.165, 1.54) is 11.3 Å². The molecular formula is C22H21N3O2S. The van der Waals surface area contributed by atoms with Crippen molar-refractivity contribution in [3.63, 3.8) is 0 Å². The van der Waals surface area contributed by atoms with Gasteiger partial charge in [0.25, 0.3) is 0 Å². The summed E-state index contributed by atoms with van der Waals surface area (Å²) in [5.74, 6) is -0.0473. The van der Waals surface area contributed by atoms with E-state index in [0.717, 1.165) is 27.0 Å². The first-order valence-corrected chi connectivity index (χ1v) is 10.0. The lowest BCUT2D eigenvalue weighted by molar-refractivity contribution is -0.132. The summed E-state index contributed by atoms with van der Waals surface area (Å²) in [6.07, 6.45) is -0.490. The molecule has 0 aliphatic heterocycles. The Kier molecular flexibility index (Phi) is 5.50. The van der Waals surface area contributed by atoms with Gasteiger partial charge in [0.1, 0.15) is 6.10 Å². The van der Waals surface area contributed by atoms with Crippen molar-refractivity contribution >= 4 is 28.1 Å². The fourth-order valence-corrected chi connectivity index (χ4v) is 3.95. The van der Waals surface area contributed by atoms with Gasteiger partial charge in [0.05, 0.1) is 24.2 Å². The number of carbonyl (C=O) groups excluding carboxylic acids is 1. The molecule has 2 aromatic carbocycles. The minimum Gasteiger partial charge on any atom is -0.386 e. The number of nitrogens with zero attached hydrogens (tertiary/aromatic N) is 2. The number of H-pyrrole nitrogens is 1. The molecule has 0 aliphatic carbocycles. The lowest BCUT2D eigenvalue weighted by atomic mass is 10.1. The molecule has 6 heteroatoms. The number of carbonyl (C=O) groups is 1. The molecule has 2 heterocycles. The van der Waals surface area contributed by atoms with Crippen molar-refractivity contribution in [2.24, 2.45) is 0 Å². The van der Waals surface area contributed by atoms with Crippen molar-refractivity contribution in [2.45, 2.75) is 19.1 Å². The molecule has 2 aromatic heterocycles. The number of hydrogen-bond donors (Lipinski definition) is 2. The molecule has 0 unspecified atom stereocenters. The molecule has 2 N–H and O–H groups in total. The number of amides is 1. The van der Waals surface area contributed by atoms with Crippen LogP contribution in [0.5, 0.6) is 0 Å². The molecule has 0 bridgehead atoms. The van der Waals surface area contributed by atoms with Gasteiger partial charge in [-0.15, -0.1) is 11.3 Å². The molecule has 0 saturated heterocycles. The molecule has 4 aromatic rings. The monoisotopic (exact) mass is 391 g/mol. The number of benzene rings is 2. The third-order valence-electron chi connectivity index (χ3n) is 4.70. The largest absolute Gasteiger partial charge is 0.386 e. The smallest absolute Gasteiger partial charge is 0.228 e. The number of thiophene rings is 1. The van der Waals surface area contributed by atoms with E-state index in [-0.39, 0.29) is 18.9 Å². The van der Waals surface area contributed by atoms with Crippen molar-refractivity contribution < 1.29 is 9.90 Å². The molecule has 0 radical (unpaired) electrons. The minimum atomic E-state index is -0.703. The van der Waals surface area contributed by atoms with Crippen molar-refractivity contribution in [1.29, 1.82) is 0 Å². The van der Waals surface area contributed by atoms with Crippen LogP contribution in [0.4, 0.5) is 0 Å². The Morgan fingerprint density at radius 3 is 2.64 bits per heavy atom. The number of para-hydroxylation sites is 1. The number of hydrogen-bond acceptors (Lipinski definition) is 4. The summed E-state index contributed by atoms with van der Waals surface area (Å²) in [5.41, 5.74) is 2.67. The Morgan fingerprint density at radius 2 is 1.86 bits per heavy atom. The minimum absolute atomic E-state index is 0.0473. The topological polar surface area (TPSA) is 69.2 Å². The van der Waals surface area contributed by atoms with E-state index in [1.807, 2.05) is 72.1 Å². The van der Waals surface area contributed by atoms with Crippen molar-refractivity contribution in [3.8, 4) is 0 Å². The van der Waals surface area contributed by atoms with E-state index < -0.39 is 6.10 Å². The number of rotatable bonds is 7. The first-order chi connectivity index (χ1) is 13.7. The van der Waals surface area contributed by atoms with Crippen LogP contribution in [0, 0.1) is 0 Å². The fraction of sp³-hybridized carbons (Fsp3) is 0.182. The Hall–Kier alpha value is -2.96. The van der Waals surface area contributed by atoms with Crippen molar-refractivity contribution in [1.82, 2.24) is 15.1 Å². The van der Waals surface area contributed by atoms with Crippen LogP contribution in [0.15, 0.2) is 72.1 Å². The predicted octanol–water partition coefficient (Wildman–Crippen LogP) is 3.93. The number of fused-ring (bicyclic) bond motifs is 1. The van der Waals surface area contributed by atoms with Crippen molar-refractivity contribution in [2.75, 3.05) is 6.54 Å². The highest BCUT2D eigenvalue weighted by molar-refractivity contribution is 7.10. The second kappa shape index (κ2) is 8.37. The van der Waals surface area contributed by atoms with Gasteiger partial charge in [0.2, 0.25) is 5.91 Å². The summed E-state index contributed by atoms with van der Waals surface area (Å²) in [7, 11) is 0. The fourth-order valence-electron chi connectivity index (χ4n) is 3.25. The average molecular weight is 391 g/mol. The Labute approximate surface area is 167 Å². The lowest BCUT2D eigenvalue weighted by Gasteiger charge is -2.25. The number of aromatic nitrogens is 2. The van der Waals surface area contributed by atoms with Gasteiger partial charge >= 0.3 is 0 Å². The standard InChI is InChI=1S/C22H21N3O2S/c26-20(21-11-6-12-28-21)15-25(14-16-7-2-1-3-8-16)22(27)13-19-17-9-4-5-10-18(17)23-24-19/h1-12,20,26H,13-15H2,(H,23,24)/t20-/m0/s1. The van der Waals surface area contributed by atoms with E-state index in [0.29, 0.717) is 6.54 Å². The second-order valence-corrected chi connectivity index (χ2v) is 7.67. The molecule has 0 aliphatic rings. The normalized spacial score (nSPS) is 12.2. The first kappa shape index (κ1) is 18.4. The van der Waals surface area contributed by atoms with Gasteiger partial charge in [-0.05, 0) is 23.1 Å². The van der Waals surface area contributed by atoms with E-state index in [9.17, 15) is 9.90 Å². The van der Waals surface area contributed by atoms with Crippen LogP contribution >= 0.6 is 11.3 Å². The highest BCUT2D eigenvalue weighted by Gasteiger charge is 2.21. The highest BCUT2D eigenvalue weighted by Crippen LogP contribution is 2.22. The summed E-state index contributed by atoms with van der Waals surface area (Å²) < 4.78 is 0. The summed E-state index contributed by atoms with van der Waals surface area (Å²) >= 11 is 1.49. The molecule has 142 valence electrons. The molecule has 5 nitrogen and oxygen atoms in total. The van der Waals surface area contributed by atoms with E-state index in [2.05, 4.69) is 10.2 Å². The van der Waals surface area contributed by atoms with Gasteiger partial charge in [0, 0.05) is 16.8 Å². The van der Waals surface area contributed by atoms with Gasteiger partial charge in [-0.1, -0.05) is 54.6 Å². The van der Waals surface area contributed by atoms with Gasteiger partial charge in [-0.3, -0.25) is 9.89 Å². The van der Waals surface area contributed by atoms with Gasteiger partial charge in [-0.25, -0.2) is 0 Å². The number of aromatic amines is 1. The first-order valence-electron chi connectivity index (χ1n) is 9.16. The maximum absolute atomic E-state index is 13.1.